The molecule has 124 valence electrons. The van der Waals surface area contributed by atoms with E-state index in [1.807, 2.05) is 0 Å². The first kappa shape index (κ1) is 15.9. The third-order valence-corrected chi connectivity index (χ3v) is 3.85. The fourth-order valence-corrected chi connectivity index (χ4v) is 2.70. The number of anilines is 1. The monoisotopic (exact) mass is 328 g/mol. The van der Waals surface area contributed by atoms with E-state index in [-0.39, 0.29) is 5.91 Å². The van der Waals surface area contributed by atoms with E-state index < -0.39 is 5.82 Å². The molecule has 1 aromatic heterocycles. The predicted molar refractivity (Wildman–Crippen MR) is 90.5 cm³/mol. The fraction of sp³-hybridized carbons (Fsp3) is 0.167. The van der Waals surface area contributed by atoms with Gasteiger partial charge in [0.1, 0.15) is 17.3 Å². The third kappa shape index (κ3) is 2.67. The predicted octanol–water partition coefficient (Wildman–Crippen LogP) is 3.88. The number of aryl methyl sites for hydroxylation is 1. The summed E-state index contributed by atoms with van der Waals surface area (Å²) in [7, 11) is 3.06. The molecule has 2 aromatic carbocycles. The quantitative estimate of drug-likeness (QED) is 0.764. The molecule has 0 saturated carbocycles. The van der Waals surface area contributed by atoms with Crippen LogP contribution in [0.2, 0.25) is 0 Å². The summed E-state index contributed by atoms with van der Waals surface area (Å²) in [5.41, 5.74) is 1.79. The minimum atomic E-state index is -0.395. The van der Waals surface area contributed by atoms with Crippen molar-refractivity contribution in [3.63, 3.8) is 0 Å². The topological polar surface area (TPSA) is 63.4 Å². The second-order valence-electron chi connectivity index (χ2n) is 5.31. The summed E-state index contributed by atoms with van der Waals surface area (Å²) in [4.78, 5) is 15.7. The summed E-state index contributed by atoms with van der Waals surface area (Å²) in [6.45, 7) is 1.73. The van der Waals surface area contributed by atoms with Crippen molar-refractivity contribution in [2.75, 3.05) is 19.5 Å². The highest BCUT2D eigenvalue weighted by atomic mass is 19.1. The average Bonchev–Trinajstić information content (AvgIpc) is 2.92. The number of rotatable bonds is 4. The molecule has 5 nitrogen and oxygen atoms in total. The molecule has 0 spiro atoms. The zero-order valence-electron chi connectivity index (χ0n) is 13.6. The van der Waals surface area contributed by atoms with Crippen LogP contribution >= 0.6 is 0 Å². The Morgan fingerprint density at radius 3 is 2.67 bits per heavy atom. The van der Waals surface area contributed by atoms with Crippen LogP contribution in [-0.4, -0.2) is 25.1 Å². The van der Waals surface area contributed by atoms with Crippen molar-refractivity contribution in [3.8, 4) is 11.5 Å². The van der Waals surface area contributed by atoms with Crippen molar-refractivity contribution in [2.45, 2.75) is 6.92 Å². The number of ether oxygens (including phenoxy) is 2. The number of benzene rings is 2. The summed E-state index contributed by atoms with van der Waals surface area (Å²) in [5, 5.41) is 3.34. The van der Waals surface area contributed by atoms with Crippen molar-refractivity contribution in [1.82, 2.24) is 4.98 Å². The first-order chi connectivity index (χ1) is 11.5. The van der Waals surface area contributed by atoms with Gasteiger partial charge in [0.25, 0.3) is 5.91 Å². The molecule has 24 heavy (non-hydrogen) atoms. The van der Waals surface area contributed by atoms with Crippen molar-refractivity contribution in [2.24, 2.45) is 0 Å². The van der Waals surface area contributed by atoms with Gasteiger partial charge in [-0.15, -0.1) is 0 Å². The number of carbonyl (C=O) groups excluding carboxylic acids is 1. The maximum Gasteiger partial charge on any atom is 0.258 e. The lowest BCUT2D eigenvalue weighted by Gasteiger charge is -2.12. The smallest absolute Gasteiger partial charge is 0.258 e. The lowest BCUT2D eigenvalue weighted by atomic mass is 10.1. The van der Waals surface area contributed by atoms with Crippen LogP contribution in [0, 0.1) is 12.7 Å². The number of H-pyrrole nitrogens is 1. The number of aromatic amines is 1. The molecule has 0 bridgehead atoms. The van der Waals surface area contributed by atoms with Crippen molar-refractivity contribution in [1.29, 1.82) is 0 Å². The number of aromatic nitrogens is 1. The Balaban J connectivity index is 2.02. The first-order valence-corrected chi connectivity index (χ1v) is 7.35. The number of nitrogens with one attached hydrogen (secondary N) is 2. The van der Waals surface area contributed by atoms with E-state index in [0.29, 0.717) is 39.3 Å². The summed E-state index contributed by atoms with van der Waals surface area (Å²) in [5.74, 6) is 0.352. The summed E-state index contributed by atoms with van der Waals surface area (Å²) in [6, 6.07) is 9.75. The van der Waals surface area contributed by atoms with E-state index in [4.69, 9.17) is 9.47 Å². The van der Waals surface area contributed by atoms with E-state index in [1.165, 1.54) is 13.2 Å². The minimum Gasteiger partial charge on any atom is -0.497 e. The van der Waals surface area contributed by atoms with Gasteiger partial charge < -0.3 is 19.8 Å². The van der Waals surface area contributed by atoms with Crippen molar-refractivity contribution in [3.05, 3.63) is 53.5 Å². The summed E-state index contributed by atoms with van der Waals surface area (Å²) < 4.78 is 24.3. The van der Waals surface area contributed by atoms with Crippen LogP contribution in [0.1, 0.15) is 16.1 Å². The molecular weight excluding hydrogens is 311 g/mol. The van der Waals surface area contributed by atoms with Gasteiger partial charge in [0.15, 0.2) is 0 Å². The Kier molecular flexibility index (Phi) is 4.12. The molecule has 3 aromatic rings. The molecule has 0 aliphatic rings. The molecule has 1 amide bonds. The SMILES string of the molecule is COc1ccc(OC)c(NC(=O)c2c(C)[nH]c3c(F)cccc23)c1. The Morgan fingerprint density at radius 1 is 1.17 bits per heavy atom. The van der Waals surface area contributed by atoms with Crippen LogP contribution < -0.4 is 14.8 Å². The Bertz CT molecular complexity index is 918. The van der Waals surface area contributed by atoms with E-state index in [0.717, 1.165) is 0 Å². The van der Waals surface area contributed by atoms with Crippen LogP contribution in [0.5, 0.6) is 11.5 Å². The van der Waals surface area contributed by atoms with Gasteiger partial charge in [-0.05, 0) is 25.1 Å². The molecule has 2 N–H and O–H groups in total. The van der Waals surface area contributed by atoms with E-state index >= 15 is 0 Å². The van der Waals surface area contributed by atoms with Gasteiger partial charge >= 0.3 is 0 Å². The lowest BCUT2D eigenvalue weighted by Crippen LogP contribution is -2.13. The van der Waals surface area contributed by atoms with E-state index in [2.05, 4.69) is 10.3 Å². The van der Waals surface area contributed by atoms with Crippen LogP contribution in [0.3, 0.4) is 0 Å². The van der Waals surface area contributed by atoms with Crippen LogP contribution in [0.25, 0.3) is 10.9 Å². The van der Waals surface area contributed by atoms with Gasteiger partial charge in [0.2, 0.25) is 0 Å². The molecule has 0 radical (unpaired) electrons. The van der Waals surface area contributed by atoms with Crippen LogP contribution in [-0.2, 0) is 0 Å². The maximum absolute atomic E-state index is 13.9. The molecule has 0 unspecified atom stereocenters. The minimum absolute atomic E-state index is 0.317. The van der Waals surface area contributed by atoms with Crippen LogP contribution in [0.15, 0.2) is 36.4 Å². The Labute approximate surface area is 138 Å². The lowest BCUT2D eigenvalue weighted by molar-refractivity contribution is 0.102. The highest BCUT2D eigenvalue weighted by molar-refractivity contribution is 6.14. The van der Waals surface area contributed by atoms with Crippen LogP contribution in [0.4, 0.5) is 10.1 Å². The molecule has 0 aliphatic carbocycles. The van der Waals surface area contributed by atoms with Gasteiger partial charge in [-0.3, -0.25) is 4.79 Å². The zero-order valence-corrected chi connectivity index (χ0v) is 13.6. The molecule has 0 saturated heterocycles. The highest BCUT2D eigenvalue weighted by Gasteiger charge is 2.19. The van der Waals surface area contributed by atoms with E-state index in [1.54, 1.807) is 44.4 Å². The van der Waals surface area contributed by atoms with Gasteiger partial charge in [-0.1, -0.05) is 12.1 Å². The number of halogens is 1. The molecule has 0 aliphatic heterocycles. The number of methoxy groups -OCH3 is 2. The molecule has 3 rings (SSSR count). The largest absolute Gasteiger partial charge is 0.497 e. The molecule has 1 heterocycles. The number of hydrogen-bond acceptors (Lipinski definition) is 3. The fourth-order valence-electron chi connectivity index (χ4n) is 2.70. The maximum atomic E-state index is 13.9. The average molecular weight is 328 g/mol. The second-order valence-corrected chi connectivity index (χ2v) is 5.31. The van der Waals surface area contributed by atoms with Gasteiger partial charge in [-0.2, -0.15) is 0 Å². The Morgan fingerprint density at radius 2 is 1.96 bits per heavy atom. The van der Waals surface area contributed by atoms with Gasteiger partial charge in [0.05, 0.1) is 31.0 Å². The molecular formula is C18H17FN2O3. The molecule has 0 atom stereocenters. The number of para-hydroxylation sites is 1. The standard InChI is InChI=1S/C18H17FN2O3/c1-10-16(12-5-4-6-13(19)17(12)20-10)18(22)21-14-9-11(23-2)7-8-15(14)24-3/h4-9,20H,1-3H3,(H,21,22). The number of carbonyl (C=O) groups is 1. The summed E-state index contributed by atoms with van der Waals surface area (Å²) in [6.07, 6.45) is 0. The molecule has 0 fully saturated rings. The Hall–Kier alpha value is -3.02. The third-order valence-electron chi connectivity index (χ3n) is 3.85. The number of hydrogen-bond donors (Lipinski definition) is 2. The number of amides is 1. The first-order valence-electron chi connectivity index (χ1n) is 7.35. The molecule has 6 heteroatoms. The van der Waals surface area contributed by atoms with Crippen molar-refractivity contribution >= 4 is 22.5 Å². The zero-order chi connectivity index (χ0) is 17.3. The van der Waals surface area contributed by atoms with Gasteiger partial charge in [0, 0.05) is 17.1 Å². The summed E-state index contributed by atoms with van der Waals surface area (Å²) >= 11 is 0. The van der Waals surface area contributed by atoms with Gasteiger partial charge in [-0.25, -0.2) is 4.39 Å². The number of fused-ring (bicyclic) bond motifs is 1. The normalized spacial score (nSPS) is 10.7. The van der Waals surface area contributed by atoms with E-state index in [9.17, 15) is 9.18 Å². The highest BCUT2D eigenvalue weighted by Crippen LogP contribution is 2.31. The van der Waals surface area contributed by atoms with Crippen molar-refractivity contribution < 1.29 is 18.7 Å². The second kappa shape index (κ2) is 6.23.